The van der Waals surface area contributed by atoms with Gasteiger partial charge in [0.1, 0.15) is 0 Å². The van der Waals surface area contributed by atoms with Gasteiger partial charge in [-0.2, -0.15) is 0 Å². The van der Waals surface area contributed by atoms with Crippen LogP contribution >= 0.6 is 11.6 Å². The third-order valence-corrected chi connectivity index (χ3v) is 2.05. The lowest BCUT2D eigenvalue weighted by Crippen LogP contribution is -2.22. The van der Waals surface area contributed by atoms with Crippen molar-refractivity contribution in [3.05, 3.63) is 16.0 Å². The Balaban J connectivity index is 3.00. The molecule has 0 saturated carbocycles. The number of allylic oxidation sites excluding steroid dienone is 1. The molecule has 0 aromatic heterocycles. The van der Waals surface area contributed by atoms with E-state index in [1.807, 2.05) is 0 Å². The van der Waals surface area contributed by atoms with Crippen molar-refractivity contribution in [2.75, 3.05) is 13.7 Å². The van der Waals surface area contributed by atoms with Crippen molar-refractivity contribution >= 4 is 17.3 Å². The fraction of sp³-hybridized carbons (Fsp3) is 0.571. The van der Waals surface area contributed by atoms with E-state index in [1.165, 1.54) is 7.11 Å². The first-order valence-corrected chi connectivity index (χ1v) is 3.76. The molecule has 1 heterocycles. The molecular weight excluding hydrogens is 166 g/mol. The molecule has 1 aliphatic heterocycles. The van der Waals surface area contributed by atoms with Gasteiger partial charge in [-0.25, -0.2) is 4.74 Å². The summed E-state index contributed by atoms with van der Waals surface area (Å²) in [7, 11) is 1.51. The van der Waals surface area contributed by atoms with E-state index < -0.39 is 0 Å². The summed E-state index contributed by atoms with van der Waals surface area (Å²) in [6.45, 7) is 2.13. The largest absolute Gasteiger partial charge is 0.624 e. The molecule has 1 rings (SSSR count). The van der Waals surface area contributed by atoms with Crippen molar-refractivity contribution in [2.45, 2.75) is 13.3 Å². The molecular formula is C7H10ClNO2. The predicted octanol–water partition coefficient (Wildman–Crippen LogP) is 1.46. The Morgan fingerprint density at radius 1 is 1.64 bits per heavy atom. The first-order chi connectivity index (χ1) is 5.16. The smallest absolute Gasteiger partial charge is 0.227 e. The minimum absolute atomic E-state index is 0.428. The Morgan fingerprint density at radius 3 is 2.73 bits per heavy atom. The topological polar surface area (TPSA) is 35.3 Å². The van der Waals surface area contributed by atoms with Crippen LogP contribution in [-0.2, 0) is 4.74 Å². The number of ether oxygens (including phenoxy) is 1. The summed E-state index contributed by atoms with van der Waals surface area (Å²) in [6, 6.07) is 0. The lowest BCUT2D eigenvalue weighted by molar-refractivity contribution is -0.459. The van der Waals surface area contributed by atoms with Crippen LogP contribution in [0.2, 0.25) is 0 Å². The fourth-order valence-corrected chi connectivity index (χ4v) is 1.35. The fourth-order valence-electron chi connectivity index (χ4n) is 1.05. The monoisotopic (exact) mass is 175 g/mol. The second-order valence-corrected chi connectivity index (χ2v) is 2.83. The Labute approximate surface area is 70.5 Å². The van der Waals surface area contributed by atoms with Crippen LogP contribution in [-0.4, -0.2) is 24.1 Å². The number of rotatable bonds is 1. The molecule has 62 valence electrons. The lowest BCUT2D eigenvalue weighted by atomic mass is 10.2. The summed E-state index contributed by atoms with van der Waals surface area (Å²) in [5.41, 5.74) is 0.559. The summed E-state index contributed by atoms with van der Waals surface area (Å²) in [6.07, 6.45) is 0.575. The van der Waals surface area contributed by atoms with Crippen LogP contribution in [0.15, 0.2) is 10.8 Å². The number of hydrogen-bond acceptors (Lipinski definition) is 2. The van der Waals surface area contributed by atoms with Crippen LogP contribution in [0.4, 0.5) is 0 Å². The van der Waals surface area contributed by atoms with Gasteiger partial charge >= 0.3 is 0 Å². The molecule has 3 nitrogen and oxygen atoms in total. The first-order valence-electron chi connectivity index (χ1n) is 3.38. The van der Waals surface area contributed by atoms with Gasteiger partial charge in [0.05, 0.1) is 12.1 Å². The minimum Gasteiger partial charge on any atom is -0.624 e. The van der Waals surface area contributed by atoms with Crippen LogP contribution in [0.5, 0.6) is 0 Å². The van der Waals surface area contributed by atoms with E-state index in [4.69, 9.17) is 16.3 Å². The molecule has 0 spiro atoms. The molecule has 0 atom stereocenters. The highest BCUT2D eigenvalue weighted by atomic mass is 35.5. The second-order valence-electron chi connectivity index (χ2n) is 2.38. The molecule has 1 aliphatic rings. The maximum atomic E-state index is 11.0. The molecule has 0 fully saturated rings. The Kier molecular flexibility index (Phi) is 2.39. The van der Waals surface area contributed by atoms with Gasteiger partial charge in [-0.1, -0.05) is 11.6 Å². The van der Waals surface area contributed by atoms with Crippen LogP contribution in [0.3, 0.4) is 0 Å². The third kappa shape index (κ3) is 1.48. The van der Waals surface area contributed by atoms with Crippen LogP contribution in [0, 0.1) is 5.21 Å². The number of methoxy groups -OCH3 is 1. The predicted molar refractivity (Wildman–Crippen MR) is 43.7 cm³/mol. The molecule has 4 heteroatoms. The SMILES string of the molecule is COC1=C(Cl)CC[N+]([O-])=C1C. The van der Waals surface area contributed by atoms with Crippen molar-refractivity contribution in [2.24, 2.45) is 0 Å². The van der Waals surface area contributed by atoms with E-state index >= 15 is 0 Å². The Morgan fingerprint density at radius 2 is 2.27 bits per heavy atom. The van der Waals surface area contributed by atoms with Crippen LogP contribution < -0.4 is 0 Å². The molecule has 0 aliphatic carbocycles. The van der Waals surface area contributed by atoms with E-state index in [-0.39, 0.29) is 0 Å². The lowest BCUT2D eigenvalue weighted by Gasteiger charge is -2.15. The molecule has 0 radical (unpaired) electrons. The van der Waals surface area contributed by atoms with Gasteiger partial charge in [0.15, 0.2) is 6.54 Å². The van der Waals surface area contributed by atoms with E-state index in [2.05, 4.69) is 0 Å². The van der Waals surface area contributed by atoms with Crippen molar-refractivity contribution in [3.8, 4) is 0 Å². The van der Waals surface area contributed by atoms with Crippen LogP contribution in [0.1, 0.15) is 13.3 Å². The van der Waals surface area contributed by atoms with Gasteiger partial charge in [0.25, 0.3) is 0 Å². The van der Waals surface area contributed by atoms with Crippen molar-refractivity contribution in [1.29, 1.82) is 0 Å². The summed E-state index contributed by atoms with van der Waals surface area (Å²) in [5, 5.41) is 11.7. The molecule has 0 amide bonds. The van der Waals surface area contributed by atoms with Crippen LogP contribution in [0.25, 0.3) is 0 Å². The molecule has 0 N–H and O–H groups in total. The number of hydroxylamine groups is 1. The normalized spacial score (nSPS) is 19.2. The van der Waals surface area contributed by atoms with Crippen molar-refractivity contribution in [1.82, 2.24) is 0 Å². The van der Waals surface area contributed by atoms with E-state index in [1.54, 1.807) is 6.92 Å². The highest BCUT2D eigenvalue weighted by Gasteiger charge is 2.21. The van der Waals surface area contributed by atoms with Crippen molar-refractivity contribution in [3.63, 3.8) is 0 Å². The first kappa shape index (κ1) is 8.40. The number of nitrogens with zero attached hydrogens (tertiary/aromatic N) is 1. The van der Waals surface area contributed by atoms with Gasteiger partial charge in [-0.15, -0.1) is 0 Å². The average Bonchev–Trinajstić information content (AvgIpc) is 1.99. The molecule has 0 aromatic rings. The summed E-state index contributed by atoms with van der Waals surface area (Å²) in [5.74, 6) is 0.521. The summed E-state index contributed by atoms with van der Waals surface area (Å²) >= 11 is 5.81. The average molecular weight is 176 g/mol. The zero-order valence-electron chi connectivity index (χ0n) is 6.56. The zero-order valence-corrected chi connectivity index (χ0v) is 7.31. The summed E-state index contributed by atoms with van der Waals surface area (Å²) < 4.78 is 5.85. The van der Waals surface area contributed by atoms with Gasteiger partial charge in [-0.05, 0) is 0 Å². The second kappa shape index (κ2) is 3.13. The number of halogens is 1. The maximum Gasteiger partial charge on any atom is 0.227 e. The highest BCUT2D eigenvalue weighted by Crippen LogP contribution is 2.19. The zero-order chi connectivity index (χ0) is 8.43. The minimum atomic E-state index is 0.428. The molecule has 11 heavy (non-hydrogen) atoms. The van der Waals surface area contributed by atoms with E-state index in [0.717, 1.165) is 4.74 Å². The third-order valence-electron chi connectivity index (χ3n) is 1.69. The Hall–Kier alpha value is -0.700. The van der Waals surface area contributed by atoms with Gasteiger partial charge in [0, 0.05) is 13.3 Å². The van der Waals surface area contributed by atoms with E-state index in [9.17, 15) is 5.21 Å². The highest BCUT2D eigenvalue weighted by molar-refractivity contribution is 6.31. The molecule has 0 saturated heterocycles. The van der Waals surface area contributed by atoms with Gasteiger partial charge < -0.3 is 9.94 Å². The number of hydrogen-bond donors (Lipinski definition) is 0. The maximum absolute atomic E-state index is 11.0. The van der Waals surface area contributed by atoms with Gasteiger partial charge in [0.2, 0.25) is 11.5 Å². The quantitative estimate of drug-likeness (QED) is 0.447. The summed E-state index contributed by atoms with van der Waals surface area (Å²) in [4.78, 5) is 0. The van der Waals surface area contributed by atoms with E-state index in [0.29, 0.717) is 29.5 Å². The Bertz CT molecular complexity index is 233. The molecule has 0 unspecified atom stereocenters. The van der Waals surface area contributed by atoms with Gasteiger partial charge in [-0.3, -0.25) is 0 Å². The molecule has 0 aromatic carbocycles. The van der Waals surface area contributed by atoms with Crippen molar-refractivity contribution < 1.29 is 9.48 Å². The standard InChI is InChI=1S/C7H10ClNO2/c1-5-7(11-2)6(8)3-4-9(5)10/h3-4H2,1-2H3. The molecule has 0 bridgehead atoms.